The van der Waals surface area contributed by atoms with Gasteiger partial charge in [0.1, 0.15) is 5.75 Å². The molecule has 0 N–H and O–H groups in total. The van der Waals surface area contributed by atoms with Gasteiger partial charge in [0.05, 0.1) is 7.11 Å². The molecule has 1 saturated heterocycles. The number of ether oxygens (including phenoxy) is 1. The fourth-order valence-electron chi connectivity index (χ4n) is 4.83. The Morgan fingerprint density at radius 2 is 1.93 bits per heavy atom. The van der Waals surface area contributed by atoms with Crippen LogP contribution in [0.2, 0.25) is 0 Å². The topological polar surface area (TPSA) is 36.0 Å². The summed E-state index contributed by atoms with van der Waals surface area (Å²) in [7, 11) is 8.08. The van der Waals surface area contributed by atoms with Crippen LogP contribution in [0, 0.1) is 0 Å². The molecule has 2 aliphatic rings. The van der Waals surface area contributed by atoms with Gasteiger partial charge in [-0.2, -0.15) is 0 Å². The van der Waals surface area contributed by atoms with E-state index in [4.69, 9.17) is 4.74 Å². The average molecular weight is 414 g/mol. The van der Waals surface area contributed by atoms with E-state index in [9.17, 15) is 4.79 Å². The molecule has 0 radical (unpaired) electrons. The molecule has 1 aliphatic heterocycles. The molecule has 3 rings (SSSR count). The van der Waals surface area contributed by atoms with Crippen molar-refractivity contribution in [2.75, 3.05) is 54.4 Å². The number of hydrogen-bond acceptors (Lipinski definition) is 4. The average Bonchev–Trinajstić information content (AvgIpc) is 3.19. The van der Waals surface area contributed by atoms with Crippen LogP contribution in [0.3, 0.4) is 0 Å². The lowest BCUT2D eigenvalue weighted by Gasteiger charge is -2.46. The van der Waals surface area contributed by atoms with Crippen molar-refractivity contribution in [1.82, 2.24) is 14.7 Å². The van der Waals surface area contributed by atoms with Crippen LogP contribution in [0.5, 0.6) is 5.75 Å². The number of amides is 1. The number of likely N-dealkylation sites (N-methyl/N-ethyl adjacent to an activating group) is 1. The number of fused-ring (bicyclic) bond motifs is 1. The van der Waals surface area contributed by atoms with Crippen LogP contribution in [-0.4, -0.2) is 80.6 Å². The molecule has 1 heterocycles. The van der Waals surface area contributed by atoms with Crippen LogP contribution < -0.4 is 4.74 Å². The van der Waals surface area contributed by atoms with Gasteiger partial charge in [0.25, 0.3) is 0 Å². The minimum Gasteiger partial charge on any atom is -0.497 e. The van der Waals surface area contributed by atoms with Crippen LogP contribution >= 0.6 is 0 Å². The van der Waals surface area contributed by atoms with Crippen molar-refractivity contribution < 1.29 is 9.53 Å². The third kappa shape index (κ3) is 5.06. The molecule has 0 spiro atoms. The van der Waals surface area contributed by atoms with Gasteiger partial charge in [-0.3, -0.25) is 4.79 Å². The first-order valence-corrected chi connectivity index (χ1v) is 11.4. The lowest BCUT2D eigenvalue weighted by molar-refractivity contribution is -0.126. The Labute approximate surface area is 182 Å². The molecule has 0 atom stereocenters. The summed E-state index contributed by atoms with van der Waals surface area (Å²) < 4.78 is 5.31. The van der Waals surface area contributed by atoms with Gasteiger partial charge in [-0.25, -0.2) is 0 Å². The molecule has 0 aromatic heterocycles. The van der Waals surface area contributed by atoms with Crippen molar-refractivity contribution in [2.24, 2.45) is 0 Å². The zero-order valence-electron chi connectivity index (χ0n) is 19.5. The van der Waals surface area contributed by atoms with Crippen molar-refractivity contribution >= 4 is 12.0 Å². The Balaban J connectivity index is 1.49. The molecule has 0 unspecified atom stereocenters. The van der Waals surface area contributed by atoms with Gasteiger partial charge in [-0.05, 0) is 75.8 Å². The van der Waals surface area contributed by atoms with Crippen LogP contribution in [0.1, 0.15) is 50.2 Å². The first kappa shape index (κ1) is 22.8. The summed E-state index contributed by atoms with van der Waals surface area (Å²) in [6, 6.07) is 6.04. The quantitative estimate of drug-likeness (QED) is 0.619. The number of piperidine rings is 1. The molecular formula is C25H39N3O2. The number of unbranched alkanes of at least 4 members (excludes halogenated alkanes) is 1. The second-order valence-corrected chi connectivity index (χ2v) is 9.20. The van der Waals surface area contributed by atoms with Crippen molar-refractivity contribution in [1.29, 1.82) is 0 Å². The Bertz CT molecular complexity index is 764. The maximum Gasteiger partial charge on any atom is 0.249 e. The molecule has 1 fully saturated rings. The van der Waals surface area contributed by atoms with E-state index >= 15 is 0 Å². The smallest absolute Gasteiger partial charge is 0.249 e. The zero-order chi connectivity index (χ0) is 21.7. The second-order valence-electron chi connectivity index (χ2n) is 9.20. The Morgan fingerprint density at radius 3 is 2.57 bits per heavy atom. The number of likely N-dealkylation sites (tertiary alicyclic amines) is 1. The molecule has 5 nitrogen and oxygen atoms in total. The number of carbonyl (C=O) groups is 1. The molecule has 1 aromatic rings. The molecule has 1 aliphatic carbocycles. The summed E-state index contributed by atoms with van der Waals surface area (Å²) in [6.07, 6.45) is 9.05. The van der Waals surface area contributed by atoms with E-state index in [1.165, 1.54) is 37.7 Å². The molecule has 1 amide bonds. The summed E-state index contributed by atoms with van der Waals surface area (Å²) >= 11 is 0. The van der Waals surface area contributed by atoms with Gasteiger partial charge in [0.2, 0.25) is 5.91 Å². The number of rotatable bonds is 9. The molecular weight excluding hydrogens is 374 g/mol. The number of nitrogens with zero attached hydrogens (tertiary/aromatic N) is 3. The minimum atomic E-state index is 0.146. The van der Waals surface area contributed by atoms with E-state index in [0.717, 1.165) is 49.5 Å². The van der Waals surface area contributed by atoms with Gasteiger partial charge in [0.15, 0.2) is 0 Å². The summed E-state index contributed by atoms with van der Waals surface area (Å²) in [6.45, 7) is 6.25. The molecule has 0 saturated carbocycles. The normalized spacial score (nSPS) is 18.3. The van der Waals surface area contributed by atoms with Gasteiger partial charge >= 0.3 is 0 Å². The van der Waals surface area contributed by atoms with E-state index in [1.807, 2.05) is 30.2 Å². The highest BCUT2D eigenvalue weighted by molar-refractivity contribution is 6.00. The number of benzene rings is 1. The maximum atomic E-state index is 13.0. The minimum absolute atomic E-state index is 0.146. The Morgan fingerprint density at radius 1 is 1.20 bits per heavy atom. The van der Waals surface area contributed by atoms with E-state index < -0.39 is 0 Å². The van der Waals surface area contributed by atoms with Gasteiger partial charge in [0, 0.05) is 37.7 Å². The number of carbonyl (C=O) groups excluding carboxylic acids is 1. The largest absolute Gasteiger partial charge is 0.497 e. The summed E-state index contributed by atoms with van der Waals surface area (Å²) in [5.74, 6) is 0.984. The van der Waals surface area contributed by atoms with Crippen LogP contribution in [0.4, 0.5) is 0 Å². The van der Waals surface area contributed by atoms with Crippen LogP contribution in [0.25, 0.3) is 6.08 Å². The van der Waals surface area contributed by atoms with Crippen molar-refractivity contribution in [3.63, 3.8) is 0 Å². The third-order valence-corrected chi connectivity index (χ3v) is 7.17. The molecule has 1 aromatic carbocycles. The van der Waals surface area contributed by atoms with Crippen molar-refractivity contribution in [3.8, 4) is 5.75 Å². The van der Waals surface area contributed by atoms with Crippen molar-refractivity contribution in [2.45, 2.75) is 51.0 Å². The fourth-order valence-corrected chi connectivity index (χ4v) is 4.83. The highest BCUT2D eigenvalue weighted by Gasteiger charge is 2.35. The highest BCUT2D eigenvalue weighted by atomic mass is 16.5. The van der Waals surface area contributed by atoms with E-state index in [0.29, 0.717) is 5.54 Å². The summed E-state index contributed by atoms with van der Waals surface area (Å²) in [4.78, 5) is 19.8. The van der Waals surface area contributed by atoms with Gasteiger partial charge in [-0.15, -0.1) is 0 Å². The maximum absolute atomic E-state index is 13.0. The van der Waals surface area contributed by atoms with Gasteiger partial charge in [-0.1, -0.05) is 25.8 Å². The Kier molecular flexibility index (Phi) is 7.59. The first-order valence-electron chi connectivity index (χ1n) is 11.4. The lowest BCUT2D eigenvalue weighted by atomic mass is 9.82. The standard InChI is InChI=1S/C25H39N3O2/c1-6-7-10-25(26(2)3)11-13-28(14-12-25)16-15-27(4)24(29)22-17-20-8-9-23(30-5)19-21(20)18-22/h8-9,18-19H,6-7,10-17H2,1-5H3. The second kappa shape index (κ2) is 9.97. The van der Waals surface area contributed by atoms with E-state index in [2.05, 4.69) is 36.9 Å². The van der Waals surface area contributed by atoms with E-state index in [-0.39, 0.29) is 5.91 Å². The first-order chi connectivity index (χ1) is 14.4. The van der Waals surface area contributed by atoms with Gasteiger partial charge < -0.3 is 19.4 Å². The lowest BCUT2D eigenvalue weighted by Crippen LogP contribution is -2.53. The highest BCUT2D eigenvalue weighted by Crippen LogP contribution is 2.32. The number of hydrogen-bond donors (Lipinski definition) is 0. The van der Waals surface area contributed by atoms with Crippen LogP contribution in [0.15, 0.2) is 23.8 Å². The Hall–Kier alpha value is -1.85. The monoisotopic (exact) mass is 413 g/mol. The number of methoxy groups -OCH3 is 1. The zero-order valence-corrected chi connectivity index (χ0v) is 19.5. The predicted octanol–water partition coefficient (Wildman–Crippen LogP) is 3.68. The predicted molar refractivity (Wildman–Crippen MR) is 124 cm³/mol. The molecule has 0 bridgehead atoms. The third-order valence-electron chi connectivity index (χ3n) is 7.17. The molecule has 5 heteroatoms. The summed E-state index contributed by atoms with van der Waals surface area (Å²) in [5.41, 5.74) is 3.55. The molecule has 166 valence electrons. The molecule has 30 heavy (non-hydrogen) atoms. The SMILES string of the molecule is CCCCC1(N(C)C)CCN(CCN(C)C(=O)C2=Cc3cc(OC)ccc3C2)CC1. The summed E-state index contributed by atoms with van der Waals surface area (Å²) in [5, 5.41) is 0. The fraction of sp³-hybridized carbons (Fsp3) is 0.640. The van der Waals surface area contributed by atoms with E-state index in [1.54, 1.807) is 7.11 Å². The van der Waals surface area contributed by atoms with Crippen LogP contribution in [-0.2, 0) is 11.2 Å². The van der Waals surface area contributed by atoms with Crippen molar-refractivity contribution in [3.05, 3.63) is 34.9 Å².